The molecule has 1 heterocycles. The Morgan fingerprint density at radius 3 is 1.43 bits per heavy atom. The maximum atomic E-state index is 12.7. The second-order valence-corrected chi connectivity index (χ2v) is 12.4. The van der Waals surface area contributed by atoms with Crippen LogP contribution >= 0.6 is 0 Å². The maximum Gasteiger partial charge on any atom is 0.430 e. The Hall–Kier alpha value is -4.39. The predicted octanol–water partition coefficient (Wildman–Crippen LogP) is 9.59. The lowest BCUT2D eigenvalue weighted by Gasteiger charge is -2.28. The molecule has 42 heavy (non-hydrogen) atoms. The lowest BCUT2D eigenvalue weighted by Crippen LogP contribution is -2.20. The van der Waals surface area contributed by atoms with Crippen molar-refractivity contribution in [3.63, 3.8) is 0 Å². The number of nitrogens with one attached hydrogen (secondary N) is 1. The zero-order valence-corrected chi connectivity index (χ0v) is 24.8. The van der Waals surface area contributed by atoms with Gasteiger partial charge in [0.1, 0.15) is 5.70 Å². The molecule has 0 atom stereocenters. The summed E-state index contributed by atoms with van der Waals surface area (Å²) in [5.41, 5.74) is 10.7. The Labute approximate surface area is 246 Å². The largest absolute Gasteiger partial charge is 0.430 e. The SMILES string of the molecule is CC(C)(C)c1ccc(N(c2ccc(-c3ccc(C(=N)C=C(N)C(F)(F)F)nc3)cc2)c2ccc(C(C)(C)C)cc2)cc1. The number of anilines is 3. The summed E-state index contributed by atoms with van der Waals surface area (Å²) in [5.74, 6) is 0. The summed E-state index contributed by atoms with van der Waals surface area (Å²) in [6, 6.07) is 28.5. The third-order valence-electron chi connectivity index (χ3n) is 7.11. The molecule has 1 aromatic heterocycles. The van der Waals surface area contributed by atoms with Crippen molar-refractivity contribution in [2.24, 2.45) is 5.73 Å². The number of halogens is 3. The molecule has 0 spiro atoms. The quantitative estimate of drug-likeness (QED) is 0.227. The van der Waals surface area contributed by atoms with Crippen molar-refractivity contribution in [3.05, 3.63) is 120 Å². The van der Waals surface area contributed by atoms with E-state index in [1.54, 1.807) is 12.3 Å². The van der Waals surface area contributed by atoms with Crippen molar-refractivity contribution in [1.29, 1.82) is 5.41 Å². The van der Waals surface area contributed by atoms with Gasteiger partial charge in [0.2, 0.25) is 0 Å². The molecule has 4 aromatic rings. The molecule has 218 valence electrons. The van der Waals surface area contributed by atoms with Crippen LogP contribution in [0.25, 0.3) is 11.1 Å². The highest BCUT2D eigenvalue weighted by Gasteiger charge is 2.31. The van der Waals surface area contributed by atoms with E-state index in [1.807, 2.05) is 24.3 Å². The van der Waals surface area contributed by atoms with Gasteiger partial charge in [-0.3, -0.25) is 10.4 Å². The van der Waals surface area contributed by atoms with Gasteiger partial charge in [0.25, 0.3) is 0 Å². The van der Waals surface area contributed by atoms with E-state index in [0.29, 0.717) is 6.08 Å². The maximum absolute atomic E-state index is 12.7. The van der Waals surface area contributed by atoms with Crippen molar-refractivity contribution in [1.82, 2.24) is 4.98 Å². The van der Waals surface area contributed by atoms with Gasteiger partial charge in [-0.2, -0.15) is 13.2 Å². The molecule has 0 amide bonds. The van der Waals surface area contributed by atoms with Gasteiger partial charge in [-0.1, -0.05) is 84.0 Å². The van der Waals surface area contributed by atoms with Crippen molar-refractivity contribution in [2.75, 3.05) is 4.90 Å². The number of alkyl halides is 3. The van der Waals surface area contributed by atoms with Crippen molar-refractivity contribution >= 4 is 22.8 Å². The molecule has 0 aliphatic carbocycles. The van der Waals surface area contributed by atoms with E-state index in [2.05, 4.69) is 100.0 Å². The number of aromatic nitrogens is 1. The number of hydrogen-bond donors (Lipinski definition) is 2. The van der Waals surface area contributed by atoms with Crippen LogP contribution < -0.4 is 10.6 Å². The van der Waals surface area contributed by atoms with Gasteiger partial charge in [0.05, 0.1) is 11.4 Å². The highest BCUT2D eigenvalue weighted by Crippen LogP contribution is 2.37. The average molecular weight is 571 g/mol. The third kappa shape index (κ3) is 7.08. The molecule has 3 aromatic carbocycles. The van der Waals surface area contributed by atoms with Crippen LogP contribution in [0.1, 0.15) is 58.4 Å². The molecule has 0 unspecified atom stereocenters. The highest BCUT2D eigenvalue weighted by molar-refractivity contribution is 6.05. The number of rotatable bonds is 6. The summed E-state index contributed by atoms with van der Waals surface area (Å²) in [6.45, 7) is 13.2. The molecule has 0 aliphatic heterocycles. The molecule has 4 rings (SSSR count). The van der Waals surface area contributed by atoms with Crippen LogP contribution in [-0.2, 0) is 10.8 Å². The van der Waals surface area contributed by atoms with Crippen LogP contribution in [0.2, 0.25) is 0 Å². The van der Waals surface area contributed by atoms with E-state index in [-0.39, 0.29) is 16.5 Å². The molecule has 0 fully saturated rings. The fourth-order valence-electron chi connectivity index (χ4n) is 4.51. The summed E-state index contributed by atoms with van der Waals surface area (Å²) in [5, 5.41) is 7.92. The minimum Gasteiger partial charge on any atom is -0.395 e. The zero-order chi connectivity index (χ0) is 30.9. The number of benzene rings is 3. The molecule has 0 radical (unpaired) electrons. The Morgan fingerprint density at radius 2 is 1.07 bits per heavy atom. The van der Waals surface area contributed by atoms with Crippen LogP contribution in [0.5, 0.6) is 0 Å². The number of nitrogens with zero attached hydrogens (tertiary/aromatic N) is 2. The summed E-state index contributed by atoms with van der Waals surface area (Å²) in [6.07, 6.45) is -2.57. The van der Waals surface area contributed by atoms with E-state index in [0.717, 1.165) is 28.2 Å². The number of nitrogens with two attached hydrogens (primary N) is 1. The van der Waals surface area contributed by atoms with Gasteiger partial charge in [-0.25, -0.2) is 0 Å². The predicted molar refractivity (Wildman–Crippen MR) is 167 cm³/mol. The van der Waals surface area contributed by atoms with Gasteiger partial charge < -0.3 is 10.6 Å². The summed E-state index contributed by atoms with van der Waals surface area (Å²) >= 11 is 0. The Kier molecular flexibility index (Phi) is 8.35. The summed E-state index contributed by atoms with van der Waals surface area (Å²) in [4.78, 5) is 6.41. The molecule has 0 bridgehead atoms. The van der Waals surface area contributed by atoms with Crippen molar-refractivity contribution in [2.45, 2.75) is 58.5 Å². The summed E-state index contributed by atoms with van der Waals surface area (Å²) < 4.78 is 38.2. The first kappa shape index (κ1) is 30.6. The number of allylic oxidation sites excluding steroid dienone is 2. The average Bonchev–Trinajstić information content (AvgIpc) is 2.93. The third-order valence-corrected chi connectivity index (χ3v) is 7.11. The second kappa shape index (κ2) is 11.5. The molecule has 3 N–H and O–H groups in total. The fourth-order valence-corrected chi connectivity index (χ4v) is 4.51. The van der Waals surface area contributed by atoms with Crippen LogP contribution in [0, 0.1) is 5.41 Å². The van der Waals surface area contributed by atoms with Gasteiger partial charge in [-0.05, 0) is 76.1 Å². The van der Waals surface area contributed by atoms with Gasteiger partial charge in [0, 0.05) is 28.8 Å². The van der Waals surface area contributed by atoms with E-state index >= 15 is 0 Å². The lowest BCUT2D eigenvalue weighted by atomic mass is 9.86. The monoisotopic (exact) mass is 570 g/mol. The molecule has 4 nitrogen and oxygen atoms in total. The van der Waals surface area contributed by atoms with Crippen LogP contribution in [0.15, 0.2) is 103 Å². The number of hydrogen-bond acceptors (Lipinski definition) is 4. The first-order chi connectivity index (χ1) is 19.5. The Morgan fingerprint density at radius 1 is 0.667 bits per heavy atom. The Bertz CT molecular complexity index is 1500. The van der Waals surface area contributed by atoms with Crippen molar-refractivity contribution < 1.29 is 13.2 Å². The lowest BCUT2D eigenvalue weighted by molar-refractivity contribution is -0.0925. The fraction of sp³-hybridized carbons (Fsp3) is 0.257. The minimum absolute atomic E-state index is 0.0443. The van der Waals surface area contributed by atoms with Gasteiger partial charge in [-0.15, -0.1) is 0 Å². The summed E-state index contributed by atoms with van der Waals surface area (Å²) in [7, 11) is 0. The smallest absolute Gasteiger partial charge is 0.395 e. The second-order valence-electron chi connectivity index (χ2n) is 12.4. The number of pyridine rings is 1. The molecular formula is C35H37F3N4. The van der Waals surface area contributed by atoms with Crippen LogP contribution in [0.3, 0.4) is 0 Å². The molecule has 0 saturated carbocycles. The minimum atomic E-state index is -4.69. The van der Waals surface area contributed by atoms with Crippen LogP contribution in [0.4, 0.5) is 30.2 Å². The van der Waals surface area contributed by atoms with E-state index in [9.17, 15) is 13.2 Å². The molecular weight excluding hydrogens is 533 g/mol. The van der Waals surface area contributed by atoms with Crippen LogP contribution in [-0.4, -0.2) is 16.9 Å². The first-order valence-electron chi connectivity index (χ1n) is 13.7. The molecule has 0 saturated heterocycles. The standard InChI is InChI=1S/C35H37F3N4/c1-33(2,3)25-10-16-28(17-11-25)42(29-18-12-26(13-19-29)34(4,5)6)27-14-7-23(8-15-27)24-9-20-31(41-22-24)30(39)21-32(40)35(36,37)38/h7-22,39H,40H2,1-6H3. The normalized spacial score (nSPS) is 12.7. The van der Waals surface area contributed by atoms with Gasteiger partial charge >= 0.3 is 6.18 Å². The first-order valence-corrected chi connectivity index (χ1v) is 13.7. The highest BCUT2D eigenvalue weighted by atomic mass is 19.4. The topological polar surface area (TPSA) is 66.0 Å². The molecule has 0 aliphatic rings. The zero-order valence-electron chi connectivity index (χ0n) is 24.8. The Balaban J connectivity index is 1.66. The molecule has 7 heteroatoms. The van der Waals surface area contributed by atoms with E-state index in [1.165, 1.54) is 17.2 Å². The van der Waals surface area contributed by atoms with E-state index in [4.69, 9.17) is 11.1 Å². The van der Waals surface area contributed by atoms with Crippen molar-refractivity contribution in [3.8, 4) is 11.1 Å². The van der Waals surface area contributed by atoms with E-state index < -0.39 is 17.6 Å². The van der Waals surface area contributed by atoms with Gasteiger partial charge in [0.15, 0.2) is 0 Å².